The molecule has 1 aromatic carbocycles. The zero-order valence-electron chi connectivity index (χ0n) is 7.26. The molecule has 0 radical (unpaired) electrons. The lowest BCUT2D eigenvalue weighted by Crippen LogP contribution is -2.10. The van der Waals surface area contributed by atoms with E-state index >= 15 is 0 Å². The van der Waals surface area contributed by atoms with Crippen molar-refractivity contribution in [1.29, 1.82) is 0 Å². The summed E-state index contributed by atoms with van der Waals surface area (Å²) in [4.78, 5) is 0. The molecule has 1 aromatic rings. The predicted molar refractivity (Wildman–Crippen MR) is 58.6 cm³/mol. The van der Waals surface area contributed by atoms with E-state index in [-0.39, 0.29) is 24.3 Å². The second-order valence-corrected chi connectivity index (χ2v) is 3.60. The fourth-order valence-corrected chi connectivity index (χ4v) is 1.36. The smallest absolute Gasteiger partial charge is 0.129 e. The number of rotatable bonds is 2. The fourth-order valence-electron chi connectivity index (χ4n) is 1.02. The molecule has 1 rings (SSSR count). The Morgan fingerprint density at radius 3 is 2.62 bits per heavy atom. The van der Waals surface area contributed by atoms with E-state index in [0.717, 1.165) is 10.9 Å². The quantitative estimate of drug-likeness (QED) is 0.874. The molecule has 0 saturated heterocycles. The van der Waals surface area contributed by atoms with Crippen molar-refractivity contribution < 1.29 is 4.39 Å². The van der Waals surface area contributed by atoms with Gasteiger partial charge in [0.15, 0.2) is 0 Å². The Morgan fingerprint density at radius 1 is 1.54 bits per heavy atom. The molecule has 0 aliphatic carbocycles. The second kappa shape index (κ2) is 5.58. The van der Waals surface area contributed by atoms with Crippen LogP contribution in [0.15, 0.2) is 22.7 Å². The highest BCUT2D eigenvalue weighted by Gasteiger charge is 2.08. The van der Waals surface area contributed by atoms with E-state index in [1.807, 2.05) is 6.92 Å². The third-order valence-corrected chi connectivity index (χ3v) is 2.30. The molecule has 13 heavy (non-hydrogen) atoms. The summed E-state index contributed by atoms with van der Waals surface area (Å²) < 4.78 is 13.9. The van der Waals surface area contributed by atoms with Gasteiger partial charge in [-0.15, -0.1) is 12.4 Å². The Kier molecular flexibility index (Phi) is 5.53. The maximum Gasteiger partial charge on any atom is 0.129 e. The first-order valence-electron chi connectivity index (χ1n) is 3.85. The van der Waals surface area contributed by atoms with Crippen molar-refractivity contribution in [3.05, 3.63) is 34.1 Å². The van der Waals surface area contributed by atoms with Gasteiger partial charge in [0.1, 0.15) is 5.82 Å². The summed E-state index contributed by atoms with van der Waals surface area (Å²) in [6, 6.07) is 4.75. The third-order valence-electron chi connectivity index (χ3n) is 1.80. The highest BCUT2D eigenvalue weighted by atomic mass is 79.9. The Hall–Kier alpha value is -0.120. The van der Waals surface area contributed by atoms with Crippen molar-refractivity contribution in [2.75, 3.05) is 0 Å². The van der Waals surface area contributed by atoms with Gasteiger partial charge in [-0.1, -0.05) is 28.9 Å². The molecule has 2 N–H and O–H groups in total. The Balaban J connectivity index is 0.00000144. The van der Waals surface area contributed by atoms with Gasteiger partial charge < -0.3 is 5.73 Å². The molecule has 0 saturated carbocycles. The molecule has 0 unspecified atom stereocenters. The molecule has 74 valence electrons. The zero-order chi connectivity index (χ0) is 9.14. The standard InChI is InChI=1S/C9H11BrFN.ClH/c1-2-9(12)7-4-3-6(10)5-8(7)11;/h3-5,9H,2,12H2,1H3;1H/t9-;/m0./s1. The molecule has 0 bridgehead atoms. The maximum absolute atomic E-state index is 13.2. The van der Waals surface area contributed by atoms with Gasteiger partial charge in [-0.2, -0.15) is 0 Å². The van der Waals surface area contributed by atoms with Crippen molar-refractivity contribution in [3.8, 4) is 0 Å². The molecule has 0 aliphatic rings. The molecule has 1 nitrogen and oxygen atoms in total. The second-order valence-electron chi connectivity index (χ2n) is 2.68. The van der Waals surface area contributed by atoms with E-state index in [9.17, 15) is 4.39 Å². The third kappa shape index (κ3) is 3.25. The minimum absolute atomic E-state index is 0. The summed E-state index contributed by atoms with van der Waals surface area (Å²) in [6.45, 7) is 1.94. The van der Waals surface area contributed by atoms with Crippen molar-refractivity contribution >= 4 is 28.3 Å². The van der Waals surface area contributed by atoms with Crippen LogP contribution >= 0.6 is 28.3 Å². The van der Waals surface area contributed by atoms with Gasteiger partial charge in [0.2, 0.25) is 0 Å². The average Bonchev–Trinajstić information content (AvgIpc) is 2.03. The van der Waals surface area contributed by atoms with Crippen molar-refractivity contribution in [1.82, 2.24) is 0 Å². The topological polar surface area (TPSA) is 26.0 Å². The van der Waals surface area contributed by atoms with Gasteiger partial charge in [-0.3, -0.25) is 0 Å². The number of nitrogens with two attached hydrogens (primary N) is 1. The van der Waals surface area contributed by atoms with Crippen LogP contribution in [-0.4, -0.2) is 0 Å². The lowest BCUT2D eigenvalue weighted by molar-refractivity contribution is 0.574. The first-order valence-corrected chi connectivity index (χ1v) is 4.65. The van der Waals surface area contributed by atoms with Crippen LogP contribution in [0.4, 0.5) is 4.39 Å². The summed E-state index contributed by atoms with van der Waals surface area (Å²) in [5, 5.41) is 0. The van der Waals surface area contributed by atoms with Crippen LogP contribution in [0.5, 0.6) is 0 Å². The van der Waals surface area contributed by atoms with Crippen molar-refractivity contribution in [2.45, 2.75) is 19.4 Å². The van der Waals surface area contributed by atoms with E-state index in [4.69, 9.17) is 5.73 Å². The molecule has 0 spiro atoms. The lowest BCUT2D eigenvalue weighted by atomic mass is 10.1. The van der Waals surface area contributed by atoms with Crippen LogP contribution in [-0.2, 0) is 0 Å². The Bertz CT molecular complexity index is 280. The van der Waals surface area contributed by atoms with Gasteiger partial charge in [-0.25, -0.2) is 4.39 Å². The van der Waals surface area contributed by atoms with E-state index in [0.29, 0.717) is 5.56 Å². The van der Waals surface area contributed by atoms with Crippen molar-refractivity contribution in [3.63, 3.8) is 0 Å². The van der Waals surface area contributed by atoms with Crippen LogP contribution < -0.4 is 5.73 Å². The molecule has 0 fully saturated rings. The highest BCUT2D eigenvalue weighted by Crippen LogP contribution is 2.21. The number of hydrogen-bond donors (Lipinski definition) is 1. The normalized spacial score (nSPS) is 12.0. The Morgan fingerprint density at radius 2 is 2.15 bits per heavy atom. The molecule has 0 heterocycles. The summed E-state index contributed by atoms with van der Waals surface area (Å²) >= 11 is 3.19. The minimum atomic E-state index is -0.237. The molecular formula is C9H12BrClFN. The minimum Gasteiger partial charge on any atom is -0.324 e. The zero-order valence-corrected chi connectivity index (χ0v) is 9.66. The first kappa shape index (κ1) is 12.9. The monoisotopic (exact) mass is 267 g/mol. The molecular weight excluding hydrogens is 256 g/mol. The molecule has 0 amide bonds. The van der Waals surface area contributed by atoms with Gasteiger partial charge in [0.25, 0.3) is 0 Å². The van der Waals surface area contributed by atoms with E-state index in [1.54, 1.807) is 12.1 Å². The van der Waals surface area contributed by atoms with Crippen LogP contribution in [0.1, 0.15) is 24.9 Å². The van der Waals surface area contributed by atoms with Gasteiger partial charge in [0.05, 0.1) is 0 Å². The Labute approximate surface area is 92.1 Å². The lowest BCUT2D eigenvalue weighted by Gasteiger charge is -2.09. The van der Waals surface area contributed by atoms with Crippen LogP contribution in [0.3, 0.4) is 0 Å². The van der Waals surface area contributed by atoms with Gasteiger partial charge >= 0.3 is 0 Å². The summed E-state index contributed by atoms with van der Waals surface area (Å²) in [5.41, 5.74) is 6.27. The molecule has 4 heteroatoms. The van der Waals surface area contributed by atoms with E-state index in [2.05, 4.69) is 15.9 Å². The van der Waals surface area contributed by atoms with Crippen LogP contribution in [0.25, 0.3) is 0 Å². The van der Waals surface area contributed by atoms with E-state index < -0.39 is 0 Å². The predicted octanol–water partition coefficient (Wildman–Crippen LogP) is 3.42. The van der Waals surface area contributed by atoms with Crippen molar-refractivity contribution in [2.24, 2.45) is 5.73 Å². The SMILES string of the molecule is CC[C@H](N)c1ccc(Br)cc1F.Cl. The summed E-state index contributed by atoms with van der Waals surface area (Å²) in [5.74, 6) is -0.237. The number of benzene rings is 1. The van der Waals surface area contributed by atoms with E-state index in [1.165, 1.54) is 6.07 Å². The first-order chi connectivity index (χ1) is 5.65. The maximum atomic E-state index is 13.2. The highest BCUT2D eigenvalue weighted by molar-refractivity contribution is 9.10. The van der Waals surface area contributed by atoms with Crippen LogP contribution in [0, 0.1) is 5.82 Å². The fraction of sp³-hybridized carbons (Fsp3) is 0.333. The number of halogens is 3. The molecule has 1 atom stereocenters. The van der Waals surface area contributed by atoms with Gasteiger partial charge in [-0.05, 0) is 18.6 Å². The largest absolute Gasteiger partial charge is 0.324 e. The average molecular weight is 269 g/mol. The number of hydrogen-bond acceptors (Lipinski definition) is 1. The molecule has 0 aliphatic heterocycles. The molecule has 0 aromatic heterocycles. The van der Waals surface area contributed by atoms with Gasteiger partial charge in [0, 0.05) is 16.1 Å². The van der Waals surface area contributed by atoms with Crippen LogP contribution in [0.2, 0.25) is 0 Å². The summed E-state index contributed by atoms with van der Waals surface area (Å²) in [7, 11) is 0. The summed E-state index contributed by atoms with van der Waals surface area (Å²) in [6.07, 6.45) is 0.749.